The maximum Gasteiger partial charge on any atom is 0.269 e. The van der Waals surface area contributed by atoms with Crippen molar-refractivity contribution in [3.63, 3.8) is 0 Å². The number of methoxy groups -OCH3 is 1. The van der Waals surface area contributed by atoms with E-state index in [4.69, 9.17) is 4.74 Å². The van der Waals surface area contributed by atoms with E-state index in [0.29, 0.717) is 25.4 Å². The number of hydrogen-bond donors (Lipinski definition) is 2. The molecule has 0 radical (unpaired) electrons. The minimum Gasteiger partial charge on any atom is -0.383 e. The van der Waals surface area contributed by atoms with E-state index >= 15 is 0 Å². The van der Waals surface area contributed by atoms with E-state index in [-0.39, 0.29) is 17.9 Å². The average Bonchev–Trinajstić information content (AvgIpc) is 3.29. The van der Waals surface area contributed by atoms with Crippen LogP contribution in [0.2, 0.25) is 0 Å². The van der Waals surface area contributed by atoms with Gasteiger partial charge in [0.05, 0.1) is 12.8 Å². The molecule has 0 saturated carbocycles. The normalized spacial score (nSPS) is 16.4. The van der Waals surface area contributed by atoms with Crippen LogP contribution in [0.15, 0.2) is 29.8 Å². The largest absolute Gasteiger partial charge is 0.383 e. The fourth-order valence-electron chi connectivity index (χ4n) is 2.88. The Morgan fingerprint density at radius 3 is 3.15 bits per heavy atom. The Labute approximate surface area is 156 Å². The second-order valence-electron chi connectivity index (χ2n) is 6.01. The van der Waals surface area contributed by atoms with Gasteiger partial charge in [-0.15, -0.1) is 11.3 Å². The third kappa shape index (κ3) is 4.59. The number of nitrogens with one attached hydrogen (secondary N) is 2. The Balaban J connectivity index is 1.59. The van der Waals surface area contributed by atoms with Crippen molar-refractivity contribution in [1.82, 2.24) is 20.2 Å². The van der Waals surface area contributed by atoms with Gasteiger partial charge in [-0.1, -0.05) is 6.07 Å². The average molecular weight is 374 g/mol. The molecule has 2 N–H and O–H groups in total. The third-order valence-corrected chi connectivity index (χ3v) is 5.01. The van der Waals surface area contributed by atoms with Gasteiger partial charge in [-0.25, -0.2) is 4.98 Å². The Morgan fingerprint density at radius 2 is 2.38 bits per heavy atom. The highest BCUT2D eigenvalue weighted by Gasteiger charge is 2.24. The van der Waals surface area contributed by atoms with Crippen LogP contribution in [0.5, 0.6) is 0 Å². The number of carbonyl (C=O) groups is 2. The number of ether oxygens (including phenoxy) is 1. The van der Waals surface area contributed by atoms with Crippen molar-refractivity contribution in [2.45, 2.75) is 25.4 Å². The van der Waals surface area contributed by atoms with Crippen LogP contribution < -0.4 is 10.6 Å². The molecule has 0 bridgehead atoms. The molecule has 8 heteroatoms. The second-order valence-corrected chi connectivity index (χ2v) is 6.99. The fraction of sp³-hybridized carbons (Fsp3) is 0.389. The van der Waals surface area contributed by atoms with Crippen LogP contribution in [0, 0.1) is 0 Å². The molecule has 7 nitrogen and oxygen atoms in total. The summed E-state index contributed by atoms with van der Waals surface area (Å²) in [7, 11) is 1.59. The van der Waals surface area contributed by atoms with E-state index in [1.807, 2.05) is 22.1 Å². The lowest BCUT2D eigenvalue weighted by atomic mass is 10.1. The van der Waals surface area contributed by atoms with Crippen LogP contribution in [-0.4, -0.2) is 47.7 Å². The molecule has 0 fully saturated rings. The van der Waals surface area contributed by atoms with Gasteiger partial charge < -0.3 is 19.9 Å². The van der Waals surface area contributed by atoms with Gasteiger partial charge in [-0.2, -0.15) is 0 Å². The molecular weight excluding hydrogens is 352 g/mol. The van der Waals surface area contributed by atoms with Crippen molar-refractivity contribution in [3.05, 3.63) is 46.2 Å². The molecule has 0 aromatic carbocycles. The number of fused-ring (bicyclic) bond motifs is 1. The molecule has 0 spiro atoms. The molecular formula is C18H22N4O3S. The van der Waals surface area contributed by atoms with E-state index in [1.165, 1.54) is 0 Å². The number of aryl methyl sites for hydroxylation is 1. The first-order chi connectivity index (χ1) is 12.7. The molecule has 26 heavy (non-hydrogen) atoms. The van der Waals surface area contributed by atoms with Crippen LogP contribution >= 0.6 is 11.3 Å². The van der Waals surface area contributed by atoms with E-state index in [9.17, 15) is 9.59 Å². The number of thiophene rings is 1. The molecule has 2 aromatic rings. The summed E-state index contributed by atoms with van der Waals surface area (Å²) in [6.45, 7) is 1.45. The van der Waals surface area contributed by atoms with Crippen LogP contribution in [0.3, 0.4) is 0 Å². The molecule has 3 rings (SSSR count). The lowest BCUT2D eigenvalue weighted by Gasteiger charge is -2.25. The van der Waals surface area contributed by atoms with Crippen molar-refractivity contribution in [1.29, 1.82) is 0 Å². The van der Waals surface area contributed by atoms with E-state index < -0.39 is 0 Å². The summed E-state index contributed by atoms with van der Waals surface area (Å²) < 4.78 is 6.83. The fourth-order valence-corrected chi connectivity index (χ4v) is 3.50. The Kier molecular flexibility index (Phi) is 6.19. The summed E-state index contributed by atoms with van der Waals surface area (Å²) in [5.41, 5.74) is 0.518. The van der Waals surface area contributed by atoms with Crippen molar-refractivity contribution >= 4 is 29.2 Å². The number of carbonyl (C=O) groups excluding carboxylic acids is 2. The lowest BCUT2D eigenvalue weighted by molar-refractivity contribution is -0.117. The van der Waals surface area contributed by atoms with Crippen LogP contribution in [-0.2, 0) is 22.5 Å². The molecule has 2 aromatic heterocycles. The van der Waals surface area contributed by atoms with Crippen molar-refractivity contribution < 1.29 is 14.3 Å². The molecule has 0 saturated heterocycles. The predicted octanol–water partition coefficient (Wildman–Crippen LogP) is 1.47. The van der Waals surface area contributed by atoms with Crippen LogP contribution in [0.1, 0.15) is 27.6 Å². The molecule has 2 amide bonds. The molecule has 3 heterocycles. The summed E-state index contributed by atoms with van der Waals surface area (Å²) in [4.78, 5) is 29.8. The zero-order valence-electron chi connectivity index (χ0n) is 14.6. The highest BCUT2D eigenvalue weighted by Crippen LogP contribution is 2.17. The smallest absolute Gasteiger partial charge is 0.269 e. The lowest BCUT2D eigenvalue weighted by Crippen LogP contribution is -2.41. The van der Waals surface area contributed by atoms with Gasteiger partial charge in [0.1, 0.15) is 11.5 Å². The number of amides is 2. The molecule has 1 aliphatic heterocycles. The van der Waals surface area contributed by atoms with Gasteiger partial charge in [0.2, 0.25) is 5.91 Å². The van der Waals surface area contributed by atoms with Gasteiger partial charge in [0.15, 0.2) is 0 Å². The molecule has 0 aliphatic carbocycles. The van der Waals surface area contributed by atoms with E-state index in [1.54, 1.807) is 36.8 Å². The van der Waals surface area contributed by atoms with Crippen molar-refractivity contribution in [2.24, 2.45) is 0 Å². The molecule has 138 valence electrons. The topological polar surface area (TPSA) is 85.2 Å². The van der Waals surface area contributed by atoms with Gasteiger partial charge in [-0.05, 0) is 23.9 Å². The SMILES string of the molecule is COCCNC(=O)c1cnc2n1CC(NC(=O)/C=C/c1cccs1)CC2. The Hall–Kier alpha value is -2.45. The molecule has 1 unspecified atom stereocenters. The number of nitrogens with zero attached hydrogens (tertiary/aromatic N) is 2. The summed E-state index contributed by atoms with van der Waals surface area (Å²) in [6.07, 6.45) is 6.48. The monoisotopic (exact) mass is 374 g/mol. The van der Waals surface area contributed by atoms with Crippen LogP contribution in [0.4, 0.5) is 0 Å². The van der Waals surface area contributed by atoms with Gasteiger partial charge >= 0.3 is 0 Å². The summed E-state index contributed by atoms with van der Waals surface area (Å²) in [5, 5.41) is 7.79. The standard InChI is InChI=1S/C18H22N4O3S/c1-25-9-8-19-18(24)15-11-20-16-6-4-13(12-22(15)16)21-17(23)7-5-14-3-2-10-26-14/h2-3,5,7,10-11,13H,4,6,8-9,12H2,1H3,(H,19,24)(H,21,23)/b7-5+. The minimum atomic E-state index is -0.176. The first kappa shape index (κ1) is 18.3. The number of aromatic nitrogens is 2. The molecule has 1 atom stereocenters. The zero-order chi connectivity index (χ0) is 18.4. The third-order valence-electron chi connectivity index (χ3n) is 4.17. The van der Waals surface area contributed by atoms with E-state index in [0.717, 1.165) is 23.5 Å². The first-order valence-electron chi connectivity index (χ1n) is 8.51. The Morgan fingerprint density at radius 1 is 1.50 bits per heavy atom. The minimum absolute atomic E-state index is 0.0253. The van der Waals surface area contributed by atoms with Crippen molar-refractivity contribution in [2.75, 3.05) is 20.3 Å². The summed E-state index contributed by atoms with van der Waals surface area (Å²) >= 11 is 1.58. The molecule has 1 aliphatic rings. The number of hydrogen-bond acceptors (Lipinski definition) is 5. The van der Waals surface area contributed by atoms with Gasteiger partial charge in [0, 0.05) is 43.6 Å². The van der Waals surface area contributed by atoms with Gasteiger partial charge in [-0.3, -0.25) is 9.59 Å². The summed E-state index contributed by atoms with van der Waals surface area (Å²) in [5.74, 6) is 0.574. The zero-order valence-corrected chi connectivity index (χ0v) is 15.4. The predicted molar refractivity (Wildman–Crippen MR) is 100 cm³/mol. The van der Waals surface area contributed by atoms with Crippen LogP contribution in [0.25, 0.3) is 6.08 Å². The quantitative estimate of drug-likeness (QED) is 0.568. The summed E-state index contributed by atoms with van der Waals surface area (Å²) in [6, 6.07) is 3.88. The number of imidazole rings is 1. The van der Waals surface area contributed by atoms with Gasteiger partial charge in [0.25, 0.3) is 5.91 Å². The highest BCUT2D eigenvalue weighted by atomic mass is 32.1. The highest BCUT2D eigenvalue weighted by molar-refractivity contribution is 7.10. The maximum absolute atomic E-state index is 12.3. The van der Waals surface area contributed by atoms with Crippen molar-refractivity contribution in [3.8, 4) is 0 Å². The second kappa shape index (κ2) is 8.77. The maximum atomic E-state index is 12.3. The first-order valence-corrected chi connectivity index (χ1v) is 9.39. The van der Waals surface area contributed by atoms with E-state index in [2.05, 4.69) is 15.6 Å². The Bertz CT molecular complexity index is 782. The number of rotatable bonds is 7.